The number of ether oxygens (including phenoxy) is 2. The molecule has 0 amide bonds. The molecule has 0 saturated carbocycles. The molecule has 0 fully saturated rings. The molecule has 0 bridgehead atoms. The second kappa shape index (κ2) is 12.2. The molecule has 0 atom stereocenters. The zero-order valence-corrected chi connectivity index (χ0v) is 19.7. The highest BCUT2D eigenvalue weighted by Gasteiger charge is 2.13. The summed E-state index contributed by atoms with van der Waals surface area (Å²) in [5.74, 6) is 0.808. The molecule has 33 heavy (non-hydrogen) atoms. The highest BCUT2D eigenvalue weighted by Crippen LogP contribution is 2.37. The lowest BCUT2D eigenvalue weighted by atomic mass is 10.2. The molecular formula is C24H25BrFN3O4. The Bertz CT molecular complexity index is 1080. The number of hydrogen-bond acceptors (Lipinski definition) is 6. The number of nitrogens with one attached hydrogen (secondary N) is 2. The second-order valence-corrected chi connectivity index (χ2v) is 7.98. The predicted molar refractivity (Wildman–Crippen MR) is 129 cm³/mol. The highest BCUT2D eigenvalue weighted by molar-refractivity contribution is 9.10. The number of rotatable bonds is 12. The van der Waals surface area contributed by atoms with Gasteiger partial charge in [-0.15, -0.1) is 0 Å². The molecule has 3 rings (SSSR count). The van der Waals surface area contributed by atoms with Gasteiger partial charge >= 0.3 is 0 Å². The van der Waals surface area contributed by atoms with Crippen molar-refractivity contribution in [2.75, 3.05) is 25.0 Å². The lowest BCUT2D eigenvalue weighted by Gasteiger charge is -2.16. The molecule has 9 heteroatoms. The van der Waals surface area contributed by atoms with Crippen LogP contribution in [0.3, 0.4) is 0 Å². The summed E-state index contributed by atoms with van der Waals surface area (Å²) < 4.78 is 26.3. The van der Waals surface area contributed by atoms with Gasteiger partial charge in [-0.25, -0.2) is 4.39 Å². The maximum atomic E-state index is 13.9. The summed E-state index contributed by atoms with van der Waals surface area (Å²) in [6.45, 7) is 4.40. The first-order valence-electron chi connectivity index (χ1n) is 10.5. The smallest absolute Gasteiger partial charge is 0.269 e. The molecule has 0 aromatic heterocycles. The monoisotopic (exact) mass is 517 g/mol. The minimum atomic E-state index is -0.420. The minimum Gasteiger partial charge on any atom is -0.490 e. The van der Waals surface area contributed by atoms with E-state index in [1.54, 1.807) is 30.3 Å². The van der Waals surface area contributed by atoms with Crippen LogP contribution in [0.4, 0.5) is 15.8 Å². The van der Waals surface area contributed by atoms with Crippen LogP contribution in [0.1, 0.15) is 18.1 Å². The topological polar surface area (TPSA) is 85.7 Å². The average molecular weight is 518 g/mol. The zero-order chi connectivity index (χ0) is 23.6. The van der Waals surface area contributed by atoms with Gasteiger partial charge in [0.1, 0.15) is 12.4 Å². The van der Waals surface area contributed by atoms with Crippen LogP contribution in [0.2, 0.25) is 0 Å². The fourth-order valence-electron chi connectivity index (χ4n) is 3.12. The molecule has 7 nitrogen and oxygen atoms in total. The van der Waals surface area contributed by atoms with E-state index in [2.05, 4.69) is 26.6 Å². The Labute approximate surface area is 200 Å². The average Bonchev–Trinajstić information content (AvgIpc) is 2.80. The fourth-order valence-corrected chi connectivity index (χ4v) is 3.72. The number of anilines is 1. The third kappa shape index (κ3) is 7.16. The largest absolute Gasteiger partial charge is 0.490 e. The molecule has 3 aromatic carbocycles. The first-order valence-corrected chi connectivity index (χ1v) is 11.3. The number of nitro benzene ring substituents is 1. The van der Waals surface area contributed by atoms with Gasteiger partial charge in [-0.2, -0.15) is 0 Å². The van der Waals surface area contributed by atoms with Crippen LogP contribution in [0.5, 0.6) is 11.5 Å². The van der Waals surface area contributed by atoms with Crippen LogP contribution in [0.15, 0.2) is 65.1 Å². The minimum absolute atomic E-state index is 0.0654. The fraction of sp³-hybridized carbons (Fsp3) is 0.250. The summed E-state index contributed by atoms with van der Waals surface area (Å²) in [6.07, 6.45) is 0. The Morgan fingerprint density at radius 1 is 1.06 bits per heavy atom. The SMILES string of the molecule is CCOc1cc(CNCCNc2ccc([N+](=O)[O-])cc2)cc(Br)c1OCc1ccccc1F. The van der Waals surface area contributed by atoms with Crippen molar-refractivity contribution in [3.8, 4) is 11.5 Å². The summed E-state index contributed by atoms with van der Waals surface area (Å²) in [4.78, 5) is 10.3. The molecule has 0 aliphatic carbocycles. The van der Waals surface area contributed by atoms with Gasteiger partial charge in [0.25, 0.3) is 5.69 Å². The van der Waals surface area contributed by atoms with Crippen molar-refractivity contribution in [3.63, 3.8) is 0 Å². The van der Waals surface area contributed by atoms with Crippen molar-refractivity contribution in [2.45, 2.75) is 20.1 Å². The quantitative estimate of drug-likeness (QED) is 0.183. The summed E-state index contributed by atoms with van der Waals surface area (Å²) in [5.41, 5.74) is 2.35. The number of nitro groups is 1. The van der Waals surface area contributed by atoms with Crippen molar-refractivity contribution in [2.24, 2.45) is 0 Å². The Hall–Kier alpha value is -3.17. The number of nitrogens with zero attached hydrogens (tertiary/aromatic N) is 1. The standard InChI is InChI=1S/C24H25BrFN3O4/c1-2-32-23-14-17(13-21(25)24(23)33-16-18-5-3-4-6-22(18)26)15-27-11-12-28-19-7-9-20(10-8-19)29(30)31/h3-10,13-14,27-28H,2,11-12,15-16H2,1H3. The molecule has 0 radical (unpaired) electrons. The molecule has 0 heterocycles. The Balaban J connectivity index is 1.53. The van der Waals surface area contributed by atoms with E-state index >= 15 is 0 Å². The molecule has 0 aliphatic heterocycles. The van der Waals surface area contributed by atoms with E-state index < -0.39 is 4.92 Å². The first kappa shape index (κ1) is 24.5. The molecule has 174 valence electrons. The van der Waals surface area contributed by atoms with Gasteiger partial charge in [-0.1, -0.05) is 18.2 Å². The number of hydrogen-bond donors (Lipinski definition) is 2. The summed E-state index contributed by atoms with van der Waals surface area (Å²) in [6, 6.07) is 16.7. The maximum Gasteiger partial charge on any atom is 0.269 e. The number of halogens is 2. The molecule has 0 unspecified atom stereocenters. The zero-order valence-electron chi connectivity index (χ0n) is 18.1. The van der Waals surface area contributed by atoms with Gasteiger partial charge < -0.3 is 20.1 Å². The highest BCUT2D eigenvalue weighted by atomic mass is 79.9. The van der Waals surface area contributed by atoms with E-state index in [4.69, 9.17) is 9.47 Å². The van der Waals surface area contributed by atoms with Gasteiger partial charge in [0, 0.05) is 43.0 Å². The summed E-state index contributed by atoms with van der Waals surface area (Å²) in [7, 11) is 0. The third-order valence-corrected chi connectivity index (χ3v) is 5.33. The van der Waals surface area contributed by atoms with E-state index in [0.717, 1.165) is 15.7 Å². The Morgan fingerprint density at radius 2 is 1.82 bits per heavy atom. The van der Waals surface area contributed by atoms with Crippen LogP contribution in [-0.2, 0) is 13.2 Å². The molecule has 0 aliphatic rings. The van der Waals surface area contributed by atoms with Gasteiger partial charge in [0.05, 0.1) is 16.0 Å². The van der Waals surface area contributed by atoms with Crippen molar-refractivity contribution < 1.29 is 18.8 Å². The normalized spacial score (nSPS) is 10.6. The first-order chi connectivity index (χ1) is 16.0. The van der Waals surface area contributed by atoms with Gasteiger partial charge in [0.15, 0.2) is 11.5 Å². The van der Waals surface area contributed by atoms with Crippen molar-refractivity contribution in [1.29, 1.82) is 0 Å². The summed E-state index contributed by atoms with van der Waals surface area (Å²) in [5, 5.41) is 17.3. The van der Waals surface area contributed by atoms with Crippen LogP contribution in [0, 0.1) is 15.9 Å². The predicted octanol–water partition coefficient (Wildman–Crippen LogP) is 5.68. The molecular weight excluding hydrogens is 493 g/mol. The molecule has 3 aromatic rings. The van der Waals surface area contributed by atoms with Crippen LogP contribution in [-0.4, -0.2) is 24.6 Å². The van der Waals surface area contributed by atoms with E-state index in [0.29, 0.717) is 43.3 Å². The molecule has 0 spiro atoms. The summed E-state index contributed by atoms with van der Waals surface area (Å²) >= 11 is 3.54. The maximum absolute atomic E-state index is 13.9. The van der Waals surface area contributed by atoms with E-state index in [-0.39, 0.29) is 18.1 Å². The van der Waals surface area contributed by atoms with Crippen molar-refractivity contribution >= 4 is 27.3 Å². The number of benzene rings is 3. The van der Waals surface area contributed by atoms with Crippen LogP contribution in [0.25, 0.3) is 0 Å². The molecule has 2 N–H and O–H groups in total. The Kier molecular flexibility index (Phi) is 9.03. The third-order valence-electron chi connectivity index (χ3n) is 4.74. The van der Waals surface area contributed by atoms with Crippen LogP contribution < -0.4 is 20.1 Å². The molecule has 0 saturated heterocycles. The lowest BCUT2D eigenvalue weighted by Crippen LogP contribution is -2.21. The van der Waals surface area contributed by atoms with Crippen LogP contribution >= 0.6 is 15.9 Å². The number of non-ortho nitro benzene ring substituents is 1. The van der Waals surface area contributed by atoms with Gasteiger partial charge in [-0.05, 0) is 58.7 Å². The lowest BCUT2D eigenvalue weighted by molar-refractivity contribution is -0.384. The van der Waals surface area contributed by atoms with E-state index in [1.807, 2.05) is 19.1 Å². The van der Waals surface area contributed by atoms with E-state index in [1.165, 1.54) is 18.2 Å². The van der Waals surface area contributed by atoms with Crippen molar-refractivity contribution in [3.05, 3.63) is 92.2 Å². The van der Waals surface area contributed by atoms with E-state index in [9.17, 15) is 14.5 Å². The second-order valence-electron chi connectivity index (χ2n) is 7.13. The van der Waals surface area contributed by atoms with Gasteiger partial charge in [-0.3, -0.25) is 10.1 Å². The Morgan fingerprint density at radius 3 is 2.52 bits per heavy atom. The van der Waals surface area contributed by atoms with Crippen molar-refractivity contribution in [1.82, 2.24) is 5.32 Å². The van der Waals surface area contributed by atoms with Gasteiger partial charge in [0.2, 0.25) is 0 Å².